The number of esters is 1. The highest BCUT2D eigenvalue weighted by Gasteiger charge is 2.21. The summed E-state index contributed by atoms with van der Waals surface area (Å²) in [5, 5.41) is 5.24. The van der Waals surface area contributed by atoms with Gasteiger partial charge in [-0.05, 0) is 67.9 Å². The number of carbonyl (C=O) groups is 3. The van der Waals surface area contributed by atoms with Gasteiger partial charge in [-0.2, -0.15) is 0 Å². The van der Waals surface area contributed by atoms with Gasteiger partial charge in [0.15, 0.2) is 6.61 Å². The van der Waals surface area contributed by atoms with Crippen molar-refractivity contribution in [3.8, 4) is 0 Å². The molecule has 1 atom stereocenters. The highest BCUT2D eigenvalue weighted by Crippen LogP contribution is 2.32. The maximum atomic E-state index is 12.2. The molecule has 2 N–H and O–H groups in total. The van der Waals surface area contributed by atoms with Crippen LogP contribution in [0.15, 0.2) is 24.3 Å². The highest BCUT2D eigenvalue weighted by atomic mass is 32.1. The number of ether oxygens (including phenoxy) is 1. The van der Waals surface area contributed by atoms with Gasteiger partial charge >= 0.3 is 5.97 Å². The Kier molecular flexibility index (Phi) is 6.69. The summed E-state index contributed by atoms with van der Waals surface area (Å²) < 4.78 is 5.11. The fraction of sp³-hybridized carbons (Fsp3) is 0.409. The largest absolute Gasteiger partial charge is 0.451 e. The smallest absolute Gasteiger partial charge is 0.348 e. The van der Waals surface area contributed by atoms with E-state index in [-0.39, 0.29) is 12.5 Å². The maximum absolute atomic E-state index is 12.2. The van der Waals surface area contributed by atoms with E-state index in [1.54, 1.807) is 0 Å². The summed E-state index contributed by atoms with van der Waals surface area (Å²) in [5.74, 6) is -0.712. The molecule has 0 saturated heterocycles. The molecule has 1 aromatic carbocycles. The number of fused-ring (bicyclic) bond motifs is 1. The van der Waals surface area contributed by atoms with Crippen LogP contribution in [0.1, 0.15) is 44.6 Å². The van der Waals surface area contributed by atoms with Crippen molar-refractivity contribution in [2.75, 3.05) is 18.5 Å². The molecule has 2 amide bonds. The topological polar surface area (TPSA) is 84.5 Å². The number of carbonyl (C=O) groups excluding carboxylic acids is 3. The summed E-state index contributed by atoms with van der Waals surface area (Å²) in [6.07, 6.45) is 3.11. The van der Waals surface area contributed by atoms with Crippen LogP contribution in [0.25, 0.3) is 0 Å². The fourth-order valence-corrected chi connectivity index (χ4v) is 4.42. The van der Waals surface area contributed by atoms with Crippen LogP contribution in [0.5, 0.6) is 0 Å². The van der Waals surface area contributed by atoms with Gasteiger partial charge in [0.2, 0.25) is 5.91 Å². The zero-order valence-electron chi connectivity index (χ0n) is 17.0. The summed E-state index contributed by atoms with van der Waals surface area (Å²) in [6, 6.07) is 7.52. The third-order valence-corrected chi connectivity index (χ3v) is 6.41. The second-order valence-electron chi connectivity index (χ2n) is 7.56. The van der Waals surface area contributed by atoms with Gasteiger partial charge in [0, 0.05) is 10.6 Å². The van der Waals surface area contributed by atoms with Gasteiger partial charge in [0.05, 0.1) is 6.54 Å². The summed E-state index contributed by atoms with van der Waals surface area (Å²) in [6.45, 7) is 5.50. The summed E-state index contributed by atoms with van der Waals surface area (Å²) >= 11 is 1.45. The summed E-state index contributed by atoms with van der Waals surface area (Å²) in [7, 11) is 0. The second kappa shape index (κ2) is 9.22. The number of amides is 2. The zero-order valence-corrected chi connectivity index (χ0v) is 17.8. The number of aryl methyl sites for hydroxylation is 2. The Morgan fingerprint density at radius 3 is 2.79 bits per heavy atom. The van der Waals surface area contributed by atoms with Crippen LogP contribution in [0.2, 0.25) is 0 Å². The van der Waals surface area contributed by atoms with E-state index in [0.29, 0.717) is 16.5 Å². The van der Waals surface area contributed by atoms with Crippen molar-refractivity contribution in [3.05, 3.63) is 50.7 Å². The average molecular weight is 415 g/mol. The maximum Gasteiger partial charge on any atom is 0.348 e. The Morgan fingerprint density at radius 1 is 1.21 bits per heavy atom. The zero-order chi connectivity index (χ0) is 21.0. The third kappa shape index (κ3) is 5.44. The lowest BCUT2D eigenvalue weighted by Gasteiger charge is -2.16. The molecule has 1 heterocycles. The number of hydrogen-bond acceptors (Lipinski definition) is 5. The quantitative estimate of drug-likeness (QED) is 0.710. The number of anilines is 1. The molecule has 0 unspecified atom stereocenters. The molecule has 0 spiro atoms. The predicted molar refractivity (Wildman–Crippen MR) is 113 cm³/mol. The lowest BCUT2D eigenvalue weighted by Crippen LogP contribution is -2.35. The highest BCUT2D eigenvalue weighted by molar-refractivity contribution is 7.14. The van der Waals surface area contributed by atoms with Crippen molar-refractivity contribution in [2.45, 2.75) is 40.0 Å². The monoisotopic (exact) mass is 414 g/mol. The van der Waals surface area contributed by atoms with Crippen LogP contribution in [-0.2, 0) is 27.2 Å². The summed E-state index contributed by atoms with van der Waals surface area (Å²) in [5.41, 5.74) is 3.98. The average Bonchev–Trinajstić information content (AvgIpc) is 3.11. The lowest BCUT2D eigenvalue weighted by molar-refractivity contribution is -0.126. The van der Waals surface area contributed by atoms with E-state index in [2.05, 4.69) is 17.6 Å². The van der Waals surface area contributed by atoms with Crippen molar-refractivity contribution in [1.29, 1.82) is 0 Å². The van der Waals surface area contributed by atoms with Crippen LogP contribution < -0.4 is 10.6 Å². The Balaban J connectivity index is 1.43. The minimum Gasteiger partial charge on any atom is -0.451 e. The SMILES string of the molecule is Cc1cccc(NC(=O)CNC(=O)COC(=O)c2cc3c(s2)CC[C@H](C)C3)c1C. The first-order chi connectivity index (χ1) is 13.8. The number of nitrogens with one attached hydrogen (secondary N) is 2. The van der Waals surface area contributed by atoms with Gasteiger partial charge in [-0.3, -0.25) is 9.59 Å². The van der Waals surface area contributed by atoms with E-state index >= 15 is 0 Å². The van der Waals surface area contributed by atoms with Gasteiger partial charge in [-0.15, -0.1) is 11.3 Å². The molecule has 2 aromatic rings. The molecule has 1 aromatic heterocycles. The van der Waals surface area contributed by atoms with Crippen molar-refractivity contribution in [1.82, 2.24) is 5.32 Å². The van der Waals surface area contributed by atoms with Crippen LogP contribution in [0.4, 0.5) is 5.69 Å². The number of benzene rings is 1. The van der Waals surface area contributed by atoms with Crippen molar-refractivity contribution in [2.24, 2.45) is 5.92 Å². The van der Waals surface area contributed by atoms with Crippen molar-refractivity contribution in [3.63, 3.8) is 0 Å². The Hall–Kier alpha value is -2.67. The van der Waals surface area contributed by atoms with Gasteiger partial charge in [0.1, 0.15) is 4.88 Å². The van der Waals surface area contributed by atoms with E-state index in [4.69, 9.17) is 4.74 Å². The van der Waals surface area contributed by atoms with Crippen LogP contribution in [0.3, 0.4) is 0 Å². The molecule has 7 heteroatoms. The minimum atomic E-state index is -0.510. The Morgan fingerprint density at radius 2 is 2.00 bits per heavy atom. The van der Waals surface area contributed by atoms with E-state index in [0.717, 1.165) is 30.4 Å². The minimum absolute atomic E-state index is 0.186. The van der Waals surface area contributed by atoms with Crippen LogP contribution >= 0.6 is 11.3 Å². The number of hydrogen-bond donors (Lipinski definition) is 2. The molecule has 3 rings (SSSR count). The molecule has 29 heavy (non-hydrogen) atoms. The number of thiophene rings is 1. The molecule has 6 nitrogen and oxygen atoms in total. The van der Waals surface area contributed by atoms with E-state index in [1.165, 1.54) is 21.8 Å². The molecule has 0 fully saturated rings. The van der Waals surface area contributed by atoms with Gasteiger partial charge < -0.3 is 15.4 Å². The first kappa shape index (κ1) is 21.0. The number of rotatable bonds is 6. The molecule has 154 valence electrons. The Bertz CT molecular complexity index is 935. The van der Waals surface area contributed by atoms with Crippen molar-refractivity contribution < 1.29 is 19.1 Å². The van der Waals surface area contributed by atoms with Gasteiger partial charge in [-0.1, -0.05) is 19.1 Å². The standard InChI is InChI=1S/C22H26N2O4S/c1-13-7-8-18-16(9-13)10-19(29-18)22(27)28-12-21(26)23-11-20(25)24-17-6-4-5-14(2)15(17)3/h4-6,10,13H,7-9,11-12H2,1-3H3,(H,23,26)(H,24,25)/t13-/m0/s1. The van der Waals surface area contributed by atoms with E-state index in [9.17, 15) is 14.4 Å². The second-order valence-corrected chi connectivity index (χ2v) is 8.69. The summed E-state index contributed by atoms with van der Waals surface area (Å²) in [4.78, 5) is 38.0. The van der Waals surface area contributed by atoms with Crippen LogP contribution in [-0.4, -0.2) is 30.9 Å². The lowest BCUT2D eigenvalue weighted by atomic mass is 9.90. The molecule has 0 bridgehead atoms. The molecular formula is C22H26N2O4S. The Labute approximate surface area is 174 Å². The van der Waals surface area contributed by atoms with Gasteiger partial charge in [-0.25, -0.2) is 4.79 Å². The first-order valence-corrected chi connectivity index (χ1v) is 10.6. The molecule has 0 aliphatic heterocycles. The van der Waals surface area contributed by atoms with Crippen molar-refractivity contribution >= 4 is 34.8 Å². The fourth-order valence-electron chi connectivity index (χ4n) is 3.32. The van der Waals surface area contributed by atoms with E-state index < -0.39 is 18.5 Å². The predicted octanol–water partition coefficient (Wildman–Crippen LogP) is 3.40. The molecule has 1 aliphatic carbocycles. The van der Waals surface area contributed by atoms with Crippen LogP contribution in [0, 0.1) is 19.8 Å². The molecule has 0 saturated carbocycles. The molecule has 0 radical (unpaired) electrons. The molecule has 1 aliphatic rings. The molecular weight excluding hydrogens is 388 g/mol. The van der Waals surface area contributed by atoms with E-state index in [1.807, 2.05) is 38.1 Å². The normalized spacial score (nSPS) is 15.3. The first-order valence-electron chi connectivity index (χ1n) is 9.75. The van der Waals surface area contributed by atoms with Gasteiger partial charge in [0.25, 0.3) is 5.91 Å². The third-order valence-electron chi connectivity index (χ3n) is 5.19.